The molecule has 2 aromatic heterocycles. The van der Waals surface area contributed by atoms with Crippen LogP contribution in [0.25, 0.3) is 11.2 Å². The monoisotopic (exact) mass is 509 g/mol. The molecule has 1 saturated heterocycles. The number of alkyl halides is 1. The summed E-state index contributed by atoms with van der Waals surface area (Å²) in [6, 6.07) is 0. The largest absolute Gasteiger partial charge is 0.490 e. The van der Waals surface area contributed by atoms with Gasteiger partial charge in [-0.05, 0) is 0 Å². The summed E-state index contributed by atoms with van der Waals surface area (Å²) in [5.74, 6) is 0.00177. The quantitative estimate of drug-likeness (QED) is 0.241. The molecule has 3 rings (SSSR count). The lowest BCUT2D eigenvalue weighted by Crippen LogP contribution is -2.31. The van der Waals surface area contributed by atoms with Crippen LogP contribution in [-0.4, -0.2) is 69.2 Å². The molecular weight excluding hydrogens is 494 g/mol. The molecule has 6 atom stereocenters. The fraction of sp³-hybridized carbons (Fsp3) is 0.500. The number of hydrogen-bond acceptors (Lipinski definition) is 12. The number of anilines is 1. The first kappa shape index (κ1) is 24.3. The first-order chi connectivity index (χ1) is 14.2. The number of imidazole rings is 1. The average molecular weight is 509 g/mol. The second kappa shape index (κ2) is 8.51. The zero-order valence-corrected chi connectivity index (χ0v) is 17.5. The highest BCUT2D eigenvalue weighted by molar-refractivity contribution is 7.66. The van der Waals surface area contributed by atoms with Crippen LogP contribution < -0.4 is 5.73 Å². The standard InChI is InChI=1S/C10H15FN5O12P3/c11-5-7(17)4(1-25-30(21,22)28-31(23,24)27-29(18,19)20)26-10(5)16-3-15-6-8(12)13-2-14-9(6)16/h2-5,7,10,17H,1H2,(H,21,22)(H,23,24)(H2,12,13,14)(H2,18,19,20)/t4-,5-,7+,10-/m1/s1. The number of nitrogens with two attached hydrogens (primary N) is 1. The molecule has 0 radical (unpaired) electrons. The smallest absolute Gasteiger partial charge is 0.387 e. The lowest BCUT2D eigenvalue weighted by atomic mass is 10.1. The van der Waals surface area contributed by atoms with E-state index in [9.17, 15) is 28.1 Å². The number of nitrogen functional groups attached to an aromatic ring is 1. The van der Waals surface area contributed by atoms with E-state index in [0.29, 0.717) is 0 Å². The molecule has 1 aliphatic rings. The third kappa shape index (κ3) is 5.70. The average Bonchev–Trinajstić information content (AvgIpc) is 3.13. The van der Waals surface area contributed by atoms with Gasteiger partial charge in [0.1, 0.15) is 24.1 Å². The molecule has 1 fully saturated rings. The Morgan fingerprint density at radius 2 is 1.81 bits per heavy atom. The van der Waals surface area contributed by atoms with Gasteiger partial charge in [0.25, 0.3) is 0 Å². The van der Waals surface area contributed by atoms with Crippen molar-refractivity contribution >= 4 is 40.4 Å². The van der Waals surface area contributed by atoms with Gasteiger partial charge in [0, 0.05) is 0 Å². The highest BCUT2D eigenvalue weighted by atomic mass is 31.3. The van der Waals surface area contributed by atoms with Gasteiger partial charge in [-0.1, -0.05) is 0 Å². The first-order valence-corrected chi connectivity index (χ1v) is 12.4. The Morgan fingerprint density at radius 3 is 2.45 bits per heavy atom. The van der Waals surface area contributed by atoms with Crippen LogP contribution in [0.3, 0.4) is 0 Å². The highest BCUT2D eigenvalue weighted by Crippen LogP contribution is 2.66. The Labute approximate surface area is 171 Å². The molecule has 2 aromatic rings. The van der Waals surface area contributed by atoms with E-state index < -0.39 is 54.7 Å². The Bertz CT molecular complexity index is 1110. The minimum Gasteiger partial charge on any atom is -0.387 e. The van der Waals surface area contributed by atoms with Gasteiger partial charge < -0.3 is 35.2 Å². The van der Waals surface area contributed by atoms with Crippen LogP contribution in [0.4, 0.5) is 10.2 Å². The number of fused-ring (bicyclic) bond motifs is 1. The number of phosphoric ester groups is 1. The van der Waals surface area contributed by atoms with Crippen LogP contribution in [-0.2, 0) is 31.6 Å². The van der Waals surface area contributed by atoms with Gasteiger partial charge in [-0.3, -0.25) is 9.09 Å². The van der Waals surface area contributed by atoms with Gasteiger partial charge in [0.2, 0.25) is 0 Å². The van der Waals surface area contributed by atoms with Crippen molar-refractivity contribution in [1.82, 2.24) is 19.5 Å². The van der Waals surface area contributed by atoms with Crippen LogP contribution in [0.15, 0.2) is 12.7 Å². The van der Waals surface area contributed by atoms with Crippen molar-refractivity contribution in [3.8, 4) is 0 Å². The number of aromatic nitrogens is 4. The van der Waals surface area contributed by atoms with Gasteiger partial charge in [-0.2, -0.15) is 8.62 Å². The Balaban J connectivity index is 1.69. The van der Waals surface area contributed by atoms with Crippen molar-refractivity contribution in [2.45, 2.75) is 24.6 Å². The number of aliphatic hydroxyl groups is 1. The van der Waals surface area contributed by atoms with E-state index >= 15 is 0 Å². The Kier molecular flexibility index (Phi) is 6.66. The van der Waals surface area contributed by atoms with Gasteiger partial charge in [0.05, 0.1) is 12.9 Å². The molecule has 3 heterocycles. The molecule has 2 unspecified atom stereocenters. The maximum Gasteiger partial charge on any atom is 0.490 e. The number of rotatable bonds is 8. The molecular formula is C10H15FN5O12P3. The first-order valence-electron chi connectivity index (χ1n) is 7.88. The summed E-state index contributed by atoms with van der Waals surface area (Å²) < 4.78 is 66.1. The summed E-state index contributed by atoms with van der Waals surface area (Å²) in [5.41, 5.74) is 5.84. The van der Waals surface area contributed by atoms with Crippen LogP contribution in [0.1, 0.15) is 6.23 Å². The molecule has 0 aliphatic carbocycles. The molecule has 7 N–H and O–H groups in total. The predicted molar refractivity (Wildman–Crippen MR) is 94.4 cm³/mol. The molecule has 21 heteroatoms. The topological polar surface area (TPSA) is 259 Å². The number of aliphatic hydroxyl groups excluding tert-OH is 1. The fourth-order valence-electron chi connectivity index (χ4n) is 2.59. The number of phosphoric acid groups is 3. The lowest BCUT2D eigenvalue weighted by molar-refractivity contribution is -0.0450. The van der Waals surface area contributed by atoms with Gasteiger partial charge in [-0.15, -0.1) is 0 Å². The summed E-state index contributed by atoms with van der Waals surface area (Å²) in [6.07, 6.45) is -4.88. The second-order valence-electron chi connectivity index (χ2n) is 5.97. The van der Waals surface area contributed by atoms with E-state index in [1.165, 1.54) is 0 Å². The molecule has 1 aliphatic heterocycles. The van der Waals surface area contributed by atoms with E-state index in [4.69, 9.17) is 25.2 Å². The Hall–Kier alpha value is -1.39. The number of halogens is 1. The van der Waals surface area contributed by atoms with Crippen LogP contribution in [0, 0.1) is 0 Å². The highest BCUT2D eigenvalue weighted by Gasteiger charge is 2.48. The summed E-state index contributed by atoms with van der Waals surface area (Å²) >= 11 is 0. The molecule has 0 bridgehead atoms. The lowest BCUT2D eigenvalue weighted by Gasteiger charge is -2.19. The summed E-state index contributed by atoms with van der Waals surface area (Å²) in [5, 5.41) is 10.0. The summed E-state index contributed by atoms with van der Waals surface area (Å²) in [4.78, 5) is 47.0. The molecule has 0 amide bonds. The third-order valence-electron chi connectivity index (χ3n) is 3.77. The van der Waals surface area contributed by atoms with E-state index in [1.54, 1.807) is 0 Å². The summed E-state index contributed by atoms with van der Waals surface area (Å²) in [7, 11) is -16.8. The zero-order chi connectivity index (χ0) is 23.2. The van der Waals surface area contributed by atoms with Crippen molar-refractivity contribution in [2.24, 2.45) is 0 Å². The Morgan fingerprint density at radius 1 is 1.13 bits per heavy atom. The van der Waals surface area contributed by atoms with E-state index in [-0.39, 0.29) is 17.0 Å². The number of nitrogens with zero attached hydrogens (tertiary/aromatic N) is 4. The van der Waals surface area contributed by atoms with Crippen LogP contribution >= 0.6 is 23.5 Å². The van der Waals surface area contributed by atoms with E-state index in [1.807, 2.05) is 0 Å². The molecule has 0 spiro atoms. The van der Waals surface area contributed by atoms with Crippen molar-refractivity contribution in [3.05, 3.63) is 12.7 Å². The maximum atomic E-state index is 14.6. The summed E-state index contributed by atoms with van der Waals surface area (Å²) in [6.45, 7) is -1.04. The predicted octanol–water partition coefficient (Wildman–Crippen LogP) is -0.652. The maximum absolute atomic E-state index is 14.6. The molecule has 17 nitrogen and oxygen atoms in total. The van der Waals surface area contributed by atoms with Crippen molar-refractivity contribution in [3.63, 3.8) is 0 Å². The van der Waals surface area contributed by atoms with Crippen molar-refractivity contribution in [2.75, 3.05) is 12.3 Å². The molecule has 0 saturated carbocycles. The van der Waals surface area contributed by atoms with Crippen molar-refractivity contribution in [1.29, 1.82) is 0 Å². The minimum atomic E-state index is -5.73. The third-order valence-corrected chi connectivity index (χ3v) is 7.58. The van der Waals surface area contributed by atoms with E-state index in [0.717, 1.165) is 17.2 Å². The van der Waals surface area contributed by atoms with E-state index in [2.05, 4.69) is 28.1 Å². The van der Waals surface area contributed by atoms with Crippen LogP contribution in [0.5, 0.6) is 0 Å². The van der Waals surface area contributed by atoms with Gasteiger partial charge in [0.15, 0.2) is 23.9 Å². The zero-order valence-electron chi connectivity index (χ0n) is 14.9. The van der Waals surface area contributed by atoms with Gasteiger partial charge >= 0.3 is 23.5 Å². The number of hydrogen-bond donors (Lipinski definition) is 6. The second-order valence-corrected chi connectivity index (χ2v) is 10.4. The SMILES string of the molecule is Nc1ncnc2c1ncn2[C@@H]1O[C@H](COP(=O)(O)OP(=O)(O)OP(=O)(O)O)[C@H](O)[C@H]1F. The normalized spacial score (nSPS) is 28.5. The molecule has 0 aromatic carbocycles. The molecule has 31 heavy (non-hydrogen) atoms. The fourth-order valence-corrected chi connectivity index (χ4v) is 5.62. The van der Waals surface area contributed by atoms with Gasteiger partial charge in [-0.25, -0.2) is 33.0 Å². The van der Waals surface area contributed by atoms with Crippen molar-refractivity contribution < 1.29 is 60.6 Å². The van der Waals surface area contributed by atoms with Crippen LogP contribution in [0.2, 0.25) is 0 Å². The minimum absolute atomic E-state index is 0.00177. The molecule has 174 valence electrons. The number of ether oxygens (including phenoxy) is 1.